The van der Waals surface area contributed by atoms with Crippen LogP contribution in [0.15, 0.2) is 186 Å². The van der Waals surface area contributed by atoms with Gasteiger partial charge in [-0.2, -0.15) is 38.3 Å². The average Bonchev–Trinajstić information content (AvgIpc) is 0.774. The number of benzene rings is 8. The third-order valence-corrected chi connectivity index (χ3v) is 15.6. The Balaban J connectivity index is 0.000000384. The van der Waals surface area contributed by atoms with E-state index in [1.54, 1.807) is 0 Å². The van der Waals surface area contributed by atoms with Gasteiger partial charge in [0.25, 0.3) is 10.1 Å². The number of hydrogen-bond acceptors (Lipinski definition) is 31. The van der Waals surface area contributed by atoms with Crippen LogP contribution in [0.2, 0.25) is 10.6 Å². The van der Waals surface area contributed by atoms with Gasteiger partial charge >= 0.3 is 136 Å². The molecule has 0 atom stereocenters. The van der Waals surface area contributed by atoms with Gasteiger partial charge in [-0.15, -0.1) is 20.5 Å². The summed E-state index contributed by atoms with van der Waals surface area (Å²) in [7, 11) is -19.7. The van der Waals surface area contributed by atoms with Crippen LogP contribution in [0.1, 0.15) is 20.7 Å². The number of carbonyl (C=O) groups is 2. The Labute approximate surface area is 645 Å². The van der Waals surface area contributed by atoms with Crippen molar-refractivity contribution in [1.29, 1.82) is 0 Å². The molecule has 2 aromatic heterocycles. The summed E-state index contributed by atoms with van der Waals surface area (Å²) in [5, 5.41) is 74.4. The van der Waals surface area contributed by atoms with Crippen molar-refractivity contribution >= 4 is 166 Å². The van der Waals surface area contributed by atoms with E-state index in [0.717, 1.165) is 36.4 Å². The van der Waals surface area contributed by atoms with E-state index in [1.807, 2.05) is 0 Å². The molecule has 463 valence electrons. The molecule has 32 nitrogen and oxygen atoms in total. The summed E-state index contributed by atoms with van der Waals surface area (Å²) in [5.41, 5.74) is -1.83. The van der Waals surface area contributed by atoms with Gasteiger partial charge in [-0.05, 0) is 136 Å². The van der Waals surface area contributed by atoms with Crippen molar-refractivity contribution in [3.63, 3.8) is 0 Å². The summed E-state index contributed by atoms with van der Waals surface area (Å²) in [6.45, 7) is 0. The molecule has 10 rings (SSSR count). The fourth-order valence-corrected chi connectivity index (χ4v) is 10.6. The Bertz CT molecular complexity index is 5150. The van der Waals surface area contributed by atoms with Gasteiger partial charge in [-0.25, -0.2) is 25.3 Å². The predicted molar refractivity (Wildman–Crippen MR) is 306 cm³/mol. The minimum absolute atomic E-state index is 0. The molecule has 0 spiro atoms. The second kappa shape index (κ2) is 34.0. The summed E-state index contributed by atoms with van der Waals surface area (Å²) in [5.74, 6) is -5.50. The van der Waals surface area contributed by atoms with E-state index in [2.05, 4.69) is 71.6 Å². The molecule has 0 aliphatic heterocycles. The van der Waals surface area contributed by atoms with E-state index in [4.69, 9.17) is 23.2 Å². The number of carbonyl (C=O) groups excluding carboxylic acids is 2. The zero-order valence-corrected chi connectivity index (χ0v) is 62.6. The number of fused-ring (bicyclic) bond motifs is 2. The largest absolute Gasteiger partial charge is 3.00 e. The summed E-state index contributed by atoms with van der Waals surface area (Å²) >= 11 is 12.0. The average molecular weight is 1480 g/mol. The van der Waals surface area contributed by atoms with Crippen molar-refractivity contribution in [1.82, 2.24) is 29.9 Å². The molecule has 0 bridgehead atoms. The molecule has 0 fully saturated rings. The van der Waals surface area contributed by atoms with Crippen LogP contribution < -0.4 is 160 Å². The van der Waals surface area contributed by atoms with Crippen molar-refractivity contribution < 1.29 is 217 Å². The minimum Gasteiger partial charge on any atom is -0.871 e. The van der Waals surface area contributed by atoms with Gasteiger partial charge in [-0.1, -0.05) is 66.1 Å². The molecular weight excluding hydrogens is 1450 g/mol. The third-order valence-electron chi connectivity index (χ3n) is 11.9. The van der Waals surface area contributed by atoms with Gasteiger partial charge in [0, 0.05) is 33.9 Å². The summed E-state index contributed by atoms with van der Waals surface area (Å²) < 4.78 is 138. The van der Waals surface area contributed by atoms with Gasteiger partial charge in [0.2, 0.25) is 34.4 Å². The van der Waals surface area contributed by atoms with Gasteiger partial charge in [0.15, 0.2) is 0 Å². The van der Waals surface area contributed by atoms with Gasteiger partial charge < -0.3 is 64.9 Å². The third kappa shape index (κ3) is 21.0. The quantitative estimate of drug-likeness (QED) is 0.0303. The molecule has 8 aromatic carbocycles. The zero-order chi connectivity index (χ0) is 65.0. The second-order valence-electron chi connectivity index (χ2n) is 17.9. The Morgan fingerprint density at radius 1 is 0.421 bits per heavy atom. The molecule has 0 saturated carbocycles. The van der Waals surface area contributed by atoms with Crippen molar-refractivity contribution in [2.24, 2.45) is 20.5 Å². The number of nitrogens with one attached hydrogen (secondary N) is 4. The number of carboxylic acid groups (broad SMARTS) is 2. The SMILES string of the molecule is O=C([O-])c1ccccc1N=Nc1c(S(=O)(=O)O)cc2cc(Nc3nc(Cl)nc(Nc4ccc(S(=O)(=O)[O-])cc4)n3)ccc2c1[O-].O=C([O-])c1ccccc1N=Nc1c(S(=O)(=O)[O-])cc2cc(Nc3nc(Cl)nc(Nc4cccc(S(=O)(=O)[O-])c4)n3)ccc2c1[O-].[Cr+3].[Na+].[Na+].[Na+].[Na+]. The monoisotopic (exact) mass is 1480 g/mol. The zero-order valence-electron chi connectivity index (χ0n) is 48.5. The standard InChI is InChI=1S/2C26H18ClN7O9S2.Cr.4Na/c27-24-30-25(28-14-4-3-5-16(12-14)44(38,39)40)32-26(31-24)29-15-8-9-17-13(10-15)11-20(45(41,42)43)21(22(17)35)34-33-19-7-2-1-6-18(19)23(36)37;27-24-30-25(28-14-5-8-16(9-6-14)44(38,39)40)32-26(31-24)29-15-7-10-17-13(11-15)12-20(45(41,42)43)21(22(17)35)34-33-19-4-2-1-3-18(19)23(36)37;;;;;/h2*1-12,35H,(H,36,37)(H,38,39,40)(H,41,42,43)(H2,28,29,30,31,32);;;;;/q;;+3;4*+1/p-7. The maximum atomic E-state index is 13.3. The molecule has 1 radical (unpaired) electrons. The number of hydrogen-bond donors (Lipinski definition) is 5. The first kappa shape index (κ1) is 81.4. The van der Waals surface area contributed by atoms with E-state index in [1.165, 1.54) is 109 Å². The first-order chi connectivity index (χ1) is 42.4. The first-order valence-electron chi connectivity index (χ1n) is 24.3. The van der Waals surface area contributed by atoms with Crippen LogP contribution >= 0.6 is 23.2 Å². The van der Waals surface area contributed by atoms with E-state index in [9.17, 15) is 81.9 Å². The fourth-order valence-electron chi connectivity index (χ4n) is 7.96. The van der Waals surface area contributed by atoms with Crippen LogP contribution in [0.25, 0.3) is 21.5 Å². The number of nitrogens with zero attached hydrogens (tertiary/aromatic N) is 10. The van der Waals surface area contributed by atoms with Gasteiger partial charge in [-0.3, -0.25) is 4.55 Å². The van der Waals surface area contributed by atoms with Crippen molar-refractivity contribution in [2.75, 3.05) is 21.3 Å². The van der Waals surface area contributed by atoms with Crippen LogP contribution in [-0.2, 0) is 57.8 Å². The van der Waals surface area contributed by atoms with E-state index in [0.29, 0.717) is 5.69 Å². The number of rotatable bonds is 18. The Morgan fingerprint density at radius 2 is 0.789 bits per heavy atom. The smallest absolute Gasteiger partial charge is 0.871 e. The number of aromatic nitrogens is 6. The van der Waals surface area contributed by atoms with Crippen LogP contribution in [0.5, 0.6) is 11.5 Å². The fraction of sp³-hybridized carbons (Fsp3) is 0. The number of azo groups is 2. The molecule has 0 saturated heterocycles. The minimum atomic E-state index is -5.27. The van der Waals surface area contributed by atoms with Crippen LogP contribution in [0.3, 0.4) is 0 Å². The molecular formula is C52H29Cl2CrN14Na4O18S4. The molecule has 0 aliphatic rings. The van der Waals surface area contributed by atoms with Crippen molar-refractivity contribution in [2.45, 2.75) is 19.6 Å². The molecule has 10 aromatic rings. The molecule has 2 heterocycles. The van der Waals surface area contributed by atoms with Gasteiger partial charge in [0.1, 0.15) is 35.2 Å². The van der Waals surface area contributed by atoms with Crippen LogP contribution in [-0.4, -0.2) is 93.7 Å². The topological polar surface area (TPSA) is 527 Å². The molecule has 0 amide bonds. The molecule has 95 heavy (non-hydrogen) atoms. The Morgan fingerprint density at radius 3 is 1.18 bits per heavy atom. The molecule has 5 N–H and O–H groups in total. The summed E-state index contributed by atoms with van der Waals surface area (Å²) in [6.07, 6.45) is 0. The van der Waals surface area contributed by atoms with Crippen LogP contribution in [0.4, 0.5) is 69.3 Å². The van der Waals surface area contributed by atoms with Gasteiger partial charge in [0.05, 0.1) is 49.4 Å². The Hall–Kier alpha value is -6.01. The van der Waals surface area contributed by atoms with E-state index >= 15 is 0 Å². The number of halogens is 2. The van der Waals surface area contributed by atoms with Crippen molar-refractivity contribution in [3.8, 4) is 11.5 Å². The Kier molecular flexibility index (Phi) is 29.1. The normalized spacial score (nSPS) is 11.3. The van der Waals surface area contributed by atoms with Crippen molar-refractivity contribution in [3.05, 3.63) is 167 Å². The first-order valence-corrected chi connectivity index (χ1v) is 30.8. The van der Waals surface area contributed by atoms with E-state index < -0.39 is 94.9 Å². The molecule has 0 aliphatic carbocycles. The number of anilines is 8. The number of aromatic carboxylic acids is 2. The maximum absolute atomic E-state index is 13.3. The van der Waals surface area contributed by atoms with Crippen LogP contribution in [0, 0.1) is 0 Å². The molecule has 0 unspecified atom stereocenters. The van der Waals surface area contributed by atoms with E-state index in [-0.39, 0.29) is 231 Å². The summed E-state index contributed by atoms with van der Waals surface area (Å²) in [6, 6.07) is 30.3. The second-order valence-corrected chi connectivity index (χ2v) is 24.1. The maximum Gasteiger partial charge on any atom is 3.00 e. The predicted octanol–water partition coefficient (Wildman–Crippen LogP) is -5.99. The number of carboxylic acids is 2. The molecule has 43 heteroatoms. The summed E-state index contributed by atoms with van der Waals surface area (Å²) in [4.78, 5) is 43.9.